The number of amides is 1. The summed E-state index contributed by atoms with van der Waals surface area (Å²) >= 11 is 5.93. The number of rotatable bonds is 3. The van der Waals surface area contributed by atoms with E-state index >= 15 is 0 Å². The first-order valence-electron chi connectivity index (χ1n) is 7.38. The molecule has 23 heavy (non-hydrogen) atoms. The Bertz CT molecular complexity index is 885. The number of nitrogens with zero attached hydrogens (tertiary/aromatic N) is 3. The second-order valence-electron chi connectivity index (χ2n) is 5.74. The lowest BCUT2D eigenvalue weighted by Gasteiger charge is -2.09. The van der Waals surface area contributed by atoms with E-state index in [-0.39, 0.29) is 11.9 Å². The number of hydrogen-bond donors (Lipinski definition) is 1. The zero-order valence-corrected chi connectivity index (χ0v) is 13.9. The van der Waals surface area contributed by atoms with Gasteiger partial charge in [0.05, 0.1) is 5.52 Å². The van der Waals surface area contributed by atoms with E-state index in [2.05, 4.69) is 15.6 Å². The van der Waals surface area contributed by atoms with Crippen LogP contribution in [0, 0.1) is 6.92 Å². The quantitative estimate of drug-likeness (QED) is 0.782. The van der Waals surface area contributed by atoms with Gasteiger partial charge < -0.3 is 5.32 Å². The molecule has 1 aromatic heterocycles. The van der Waals surface area contributed by atoms with Gasteiger partial charge in [0.15, 0.2) is 0 Å². The van der Waals surface area contributed by atoms with Gasteiger partial charge in [-0.25, -0.2) is 4.68 Å². The Labute approximate surface area is 139 Å². The van der Waals surface area contributed by atoms with Crippen LogP contribution in [-0.2, 0) is 0 Å². The molecule has 0 saturated carbocycles. The topological polar surface area (TPSA) is 59.8 Å². The SMILES string of the molecule is Cc1cc(Cl)ccc1NC(=O)c1ccc2c(c1)nnn2C(C)C. The Morgan fingerprint density at radius 2 is 2.00 bits per heavy atom. The summed E-state index contributed by atoms with van der Waals surface area (Å²) in [6.45, 7) is 5.98. The van der Waals surface area contributed by atoms with Crippen molar-refractivity contribution in [1.29, 1.82) is 0 Å². The van der Waals surface area contributed by atoms with Crippen LogP contribution in [0.15, 0.2) is 36.4 Å². The highest BCUT2D eigenvalue weighted by atomic mass is 35.5. The summed E-state index contributed by atoms with van der Waals surface area (Å²) in [6.07, 6.45) is 0. The van der Waals surface area contributed by atoms with E-state index in [9.17, 15) is 4.79 Å². The van der Waals surface area contributed by atoms with Crippen LogP contribution in [0.1, 0.15) is 35.8 Å². The van der Waals surface area contributed by atoms with Gasteiger partial charge in [-0.05, 0) is 62.7 Å². The molecule has 3 rings (SSSR count). The first kappa shape index (κ1) is 15.5. The highest BCUT2D eigenvalue weighted by Crippen LogP contribution is 2.21. The molecule has 6 heteroatoms. The minimum Gasteiger partial charge on any atom is -0.322 e. The fourth-order valence-electron chi connectivity index (χ4n) is 2.43. The zero-order chi connectivity index (χ0) is 16.6. The second-order valence-corrected chi connectivity index (χ2v) is 6.18. The van der Waals surface area contributed by atoms with Crippen molar-refractivity contribution in [2.75, 3.05) is 5.32 Å². The third kappa shape index (κ3) is 3.05. The first-order chi connectivity index (χ1) is 11.0. The van der Waals surface area contributed by atoms with E-state index in [1.54, 1.807) is 24.3 Å². The number of aryl methyl sites for hydroxylation is 1. The number of carbonyl (C=O) groups excluding carboxylic acids is 1. The maximum absolute atomic E-state index is 12.4. The molecule has 1 heterocycles. The van der Waals surface area contributed by atoms with E-state index in [1.165, 1.54) is 0 Å². The molecule has 0 fully saturated rings. The van der Waals surface area contributed by atoms with Crippen LogP contribution in [0.3, 0.4) is 0 Å². The Hall–Kier alpha value is -2.40. The summed E-state index contributed by atoms with van der Waals surface area (Å²) in [6, 6.07) is 11.0. The zero-order valence-electron chi connectivity index (χ0n) is 13.2. The van der Waals surface area contributed by atoms with Crippen LogP contribution in [0.5, 0.6) is 0 Å². The third-order valence-corrected chi connectivity index (χ3v) is 3.89. The number of fused-ring (bicyclic) bond motifs is 1. The fourth-order valence-corrected chi connectivity index (χ4v) is 2.65. The van der Waals surface area contributed by atoms with Gasteiger partial charge in [-0.3, -0.25) is 4.79 Å². The summed E-state index contributed by atoms with van der Waals surface area (Å²) in [5.41, 5.74) is 3.82. The number of carbonyl (C=O) groups is 1. The standard InChI is InChI=1S/C17H17ClN4O/c1-10(2)22-16-7-4-12(9-15(16)20-21-22)17(23)19-14-6-5-13(18)8-11(14)3/h4-10H,1-3H3,(H,19,23). The number of anilines is 1. The molecular formula is C17H17ClN4O. The number of nitrogens with one attached hydrogen (secondary N) is 1. The van der Waals surface area contributed by atoms with Gasteiger partial charge in [0.25, 0.3) is 5.91 Å². The van der Waals surface area contributed by atoms with E-state index in [4.69, 9.17) is 11.6 Å². The number of benzene rings is 2. The summed E-state index contributed by atoms with van der Waals surface area (Å²) in [5, 5.41) is 11.8. The van der Waals surface area contributed by atoms with Crippen LogP contribution in [0.4, 0.5) is 5.69 Å². The molecule has 0 atom stereocenters. The monoisotopic (exact) mass is 328 g/mol. The van der Waals surface area contributed by atoms with Gasteiger partial charge in [-0.2, -0.15) is 0 Å². The number of hydrogen-bond acceptors (Lipinski definition) is 3. The molecule has 1 N–H and O–H groups in total. The van der Waals surface area contributed by atoms with Crippen molar-refractivity contribution in [1.82, 2.24) is 15.0 Å². The molecule has 118 valence electrons. The Kier molecular flexibility index (Phi) is 4.05. The van der Waals surface area contributed by atoms with Crippen molar-refractivity contribution < 1.29 is 4.79 Å². The molecule has 0 aliphatic rings. The summed E-state index contributed by atoms with van der Waals surface area (Å²) < 4.78 is 1.83. The fraction of sp³-hybridized carbons (Fsp3) is 0.235. The first-order valence-corrected chi connectivity index (χ1v) is 7.76. The highest BCUT2D eigenvalue weighted by Gasteiger charge is 2.12. The van der Waals surface area contributed by atoms with Crippen LogP contribution >= 0.6 is 11.6 Å². The van der Waals surface area contributed by atoms with Gasteiger partial charge in [0, 0.05) is 22.3 Å². The highest BCUT2D eigenvalue weighted by molar-refractivity contribution is 6.30. The minimum absolute atomic E-state index is 0.184. The summed E-state index contributed by atoms with van der Waals surface area (Å²) in [5.74, 6) is -0.184. The lowest BCUT2D eigenvalue weighted by molar-refractivity contribution is 0.102. The Morgan fingerprint density at radius 3 is 2.70 bits per heavy atom. The normalized spacial score (nSPS) is 11.2. The largest absolute Gasteiger partial charge is 0.322 e. The summed E-state index contributed by atoms with van der Waals surface area (Å²) in [4.78, 5) is 12.4. The van der Waals surface area contributed by atoms with Crippen molar-refractivity contribution in [3.05, 3.63) is 52.5 Å². The van der Waals surface area contributed by atoms with Crippen LogP contribution < -0.4 is 5.32 Å². The van der Waals surface area contributed by atoms with Crippen molar-refractivity contribution in [2.24, 2.45) is 0 Å². The maximum Gasteiger partial charge on any atom is 0.255 e. The van der Waals surface area contributed by atoms with Crippen LogP contribution in [0.2, 0.25) is 5.02 Å². The van der Waals surface area contributed by atoms with Gasteiger partial charge in [0.2, 0.25) is 0 Å². The Morgan fingerprint density at radius 1 is 1.22 bits per heavy atom. The lowest BCUT2D eigenvalue weighted by Crippen LogP contribution is -2.12. The number of halogens is 1. The van der Waals surface area contributed by atoms with E-state index in [0.29, 0.717) is 16.1 Å². The minimum atomic E-state index is -0.184. The number of aromatic nitrogens is 3. The smallest absolute Gasteiger partial charge is 0.255 e. The molecule has 0 aliphatic heterocycles. The molecule has 0 aliphatic carbocycles. The van der Waals surface area contributed by atoms with Gasteiger partial charge >= 0.3 is 0 Å². The molecule has 0 saturated heterocycles. The van der Waals surface area contributed by atoms with E-state index in [1.807, 2.05) is 37.6 Å². The molecule has 0 unspecified atom stereocenters. The predicted molar refractivity (Wildman–Crippen MR) is 92.1 cm³/mol. The lowest BCUT2D eigenvalue weighted by atomic mass is 10.1. The van der Waals surface area contributed by atoms with Gasteiger partial charge in [-0.15, -0.1) is 5.10 Å². The van der Waals surface area contributed by atoms with E-state index < -0.39 is 0 Å². The molecule has 2 aromatic carbocycles. The second kappa shape index (κ2) is 6.01. The molecule has 1 amide bonds. The van der Waals surface area contributed by atoms with E-state index in [0.717, 1.165) is 16.8 Å². The molecule has 5 nitrogen and oxygen atoms in total. The van der Waals surface area contributed by atoms with Gasteiger partial charge in [0.1, 0.15) is 5.52 Å². The van der Waals surface area contributed by atoms with Crippen molar-refractivity contribution >= 4 is 34.2 Å². The molecule has 0 radical (unpaired) electrons. The molecule has 3 aromatic rings. The third-order valence-electron chi connectivity index (χ3n) is 3.66. The molecular weight excluding hydrogens is 312 g/mol. The maximum atomic E-state index is 12.4. The average molecular weight is 329 g/mol. The summed E-state index contributed by atoms with van der Waals surface area (Å²) in [7, 11) is 0. The molecule has 0 spiro atoms. The Balaban J connectivity index is 1.89. The van der Waals surface area contributed by atoms with Crippen molar-refractivity contribution in [3.63, 3.8) is 0 Å². The molecule has 0 bridgehead atoms. The van der Waals surface area contributed by atoms with Crippen LogP contribution in [0.25, 0.3) is 11.0 Å². The predicted octanol–water partition coefficient (Wildman–Crippen LogP) is 4.23. The van der Waals surface area contributed by atoms with Crippen molar-refractivity contribution in [2.45, 2.75) is 26.8 Å². The van der Waals surface area contributed by atoms with Gasteiger partial charge in [-0.1, -0.05) is 16.8 Å². The van der Waals surface area contributed by atoms with Crippen molar-refractivity contribution in [3.8, 4) is 0 Å². The van der Waals surface area contributed by atoms with Crippen LogP contribution in [-0.4, -0.2) is 20.9 Å². The average Bonchev–Trinajstić information content (AvgIpc) is 2.93.